The molecule has 3 amide bonds. The summed E-state index contributed by atoms with van der Waals surface area (Å²) < 4.78 is 43.6. The molecule has 3 rings (SSSR count). The number of nitrogen functional groups attached to an aromatic ring is 1. The molecule has 1 aliphatic heterocycles. The third-order valence-corrected chi connectivity index (χ3v) is 6.61. The van der Waals surface area contributed by atoms with Gasteiger partial charge in [0.2, 0.25) is 0 Å². The SMILES string of the molecule is COc1ccccc1N(Cc1ccc(C(=O)NN)cc1F)C(=O)N1CCS(=O)(=O)CC1. The topological polar surface area (TPSA) is 122 Å². The van der Waals surface area contributed by atoms with E-state index in [1.807, 2.05) is 5.43 Å². The molecular formula is C20H23FN4O5S. The molecule has 0 radical (unpaired) electrons. The van der Waals surface area contributed by atoms with E-state index in [4.69, 9.17) is 10.6 Å². The maximum atomic E-state index is 14.7. The number of carbonyl (C=O) groups excluding carboxylic acids is 2. The Morgan fingerprint density at radius 3 is 2.48 bits per heavy atom. The molecule has 9 nitrogen and oxygen atoms in total. The van der Waals surface area contributed by atoms with E-state index in [-0.39, 0.29) is 42.3 Å². The standard InChI is InChI=1S/C20H23FN4O5S/c1-30-18-5-3-2-4-17(18)25(20(27)24-8-10-31(28,29)11-9-24)13-15-7-6-14(12-16(15)21)19(26)23-22/h2-7,12H,8-11,13,22H2,1H3,(H,23,26). The highest BCUT2D eigenvalue weighted by Crippen LogP contribution is 2.31. The zero-order valence-corrected chi connectivity index (χ0v) is 17.7. The molecule has 0 unspecified atom stereocenters. The quantitative estimate of drug-likeness (QED) is 0.402. The van der Waals surface area contributed by atoms with Gasteiger partial charge in [-0.2, -0.15) is 0 Å². The molecule has 0 aromatic heterocycles. The minimum Gasteiger partial charge on any atom is -0.495 e. The Bertz CT molecular complexity index is 1080. The van der Waals surface area contributed by atoms with E-state index in [2.05, 4.69) is 0 Å². The number of sulfone groups is 1. The summed E-state index contributed by atoms with van der Waals surface area (Å²) in [5, 5.41) is 0. The van der Waals surface area contributed by atoms with Crippen LogP contribution in [-0.2, 0) is 16.4 Å². The Morgan fingerprint density at radius 2 is 1.87 bits per heavy atom. The molecule has 1 heterocycles. The number of benzene rings is 2. The number of hydrogen-bond donors (Lipinski definition) is 2. The molecule has 1 saturated heterocycles. The number of methoxy groups -OCH3 is 1. The Labute approximate surface area is 179 Å². The number of nitrogens with zero attached hydrogens (tertiary/aromatic N) is 2. The molecule has 0 saturated carbocycles. The number of urea groups is 1. The van der Waals surface area contributed by atoms with E-state index >= 15 is 0 Å². The number of halogens is 1. The van der Waals surface area contributed by atoms with Gasteiger partial charge in [0.25, 0.3) is 5.91 Å². The Morgan fingerprint density at radius 1 is 1.19 bits per heavy atom. The van der Waals surface area contributed by atoms with Crippen LogP contribution in [-0.4, -0.2) is 57.0 Å². The van der Waals surface area contributed by atoms with Crippen molar-refractivity contribution in [1.29, 1.82) is 0 Å². The Balaban J connectivity index is 1.95. The fraction of sp³-hybridized carbons (Fsp3) is 0.300. The highest BCUT2D eigenvalue weighted by molar-refractivity contribution is 7.91. The lowest BCUT2D eigenvalue weighted by molar-refractivity contribution is 0.0953. The first-order valence-corrected chi connectivity index (χ1v) is 11.3. The van der Waals surface area contributed by atoms with Gasteiger partial charge in [0.1, 0.15) is 11.6 Å². The van der Waals surface area contributed by atoms with Gasteiger partial charge in [-0.25, -0.2) is 23.4 Å². The van der Waals surface area contributed by atoms with Gasteiger partial charge in [0.05, 0.1) is 30.8 Å². The van der Waals surface area contributed by atoms with Crippen molar-refractivity contribution in [2.45, 2.75) is 6.54 Å². The highest BCUT2D eigenvalue weighted by Gasteiger charge is 2.30. The number of nitrogens with two attached hydrogens (primary N) is 1. The van der Waals surface area contributed by atoms with Gasteiger partial charge in [-0.15, -0.1) is 0 Å². The molecule has 31 heavy (non-hydrogen) atoms. The first-order valence-electron chi connectivity index (χ1n) is 9.45. The number of para-hydroxylation sites is 2. The van der Waals surface area contributed by atoms with Crippen LogP contribution in [0.15, 0.2) is 42.5 Å². The summed E-state index contributed by atoms with van der Waals surface area (Å²) in [6.07, 6.45) is 0. The molecule has 1 fully saturated rings. The summed E-state index contributed by atoms with van der Waals surface area (Å²) in [6, 6.07) is 10.1. The largest absolute Gasteiger partial charge is 0.495 e. The Kier molecular flexibility index (Phi) is 6.76. The van der Waals surface area contributed by atoms with Crippen molar-refractivity contribution in [2.24, 2.45) is 5.84 Å². The number of rotatable bonds is 5. The number of amides is 3. The molecule has 0 spiro atoms. The van der Waals surface area contributed by atoms with Crippen molar-refractivity contribution < 1.29 is 27.1 Å². The van der Waals surface area contributed by atoms with Crippen LogP contribution in [0.3, 0.4) is 0 Å². The van der Waals surface area contributed by atoms with Gasteiger partial charge in [-0.05, 0) is 24.3 Å². The van der Waals surface area contributed by atoms with Crippen molar-refractivity contribution in [1.82, 2.24) is 10.3 Å². The number of anilines is 1. The molecule has 3 N–H and O–H groups in total. The lowest BCUT2D eigenvalue weighted by atomic mass is 10.1. The van der Waals surface area contributed by atoms with Crippen molar-refractivity contribution in [3.8, 4) is 5.75 Å². The highest BCUT2D eigenvalue weighted by atomic mass is 32.2. The van der Waals surface area contributed by atoms with Gasteiger partial charge in [-0.1, -0.05) is 18.2 Å². The zero-order valence-electron chi connectivity index (χ0n) is 16.9. The molecule has 166 valence electrons. The second-order valence-electron chi connectivity index (χ2n) is 6.96. The number of hydrogen-bond acceptors (Lipinski definition) is 6. The van der Waals surface area contributed by atoms with Crippen LogP contribution in [0.4, 0.5) is 14.9 Å². The fourth-order valence-corrected chi connectivity index (χ4v) is 4.45. The van der Waals surface area contributed by atoms with Gasteiger partial charge < -0.3 is 9.64 Å². The number of carbonyl (C=O) groups is 2. The predicted molar refractivity (Wildman–Crippen MR) is 113 cm³/mol. The van der Waals surface area contributed by atoms with Crippen LogP contribution in [0.1, 0.15) is 15.9 Å². The molecule has 0 aliphatic carbocycles. The summed E-state index contributed by atoms with van der Waals surface area (Å²) >= 11 is 0. The van der Waals surface area contributed by atoms with Crippen molar-refractivity contribution in [3.05, 3.63) is 59.4 Å². The predicted octanol–water partition coefficient (Wildman–Crippen LogP) is 1.29. The average Bonchev–Trinajstić information content (AvgIpc) is 2.77. The molecular weight excluding hydrogens is 427 g/mol. The van der Waals surface area contributed by atoms with Crippen LogP contribution in [0, 0.1) is 5.82 Å². The van der Waals surface area contributed by atoms with Gasteiger partial charge in [0.15, 0.2) is 9.84 Å². The molecule has 2 aromatic carbocycles. The summed E-state index contributed by atoms with van der Waals surface area (Å²) in [6.45, 7) is -0.0609. The van der Waals surface area contributed by atoms with Crippen LogP contribution >= 0.6 is 0 Å². The summed E-state index contributed by atoms with van der Waals surface area (Å²) in [5.74, 6) is 3.90. The van der Waals surface area contributed by atoms with Crippen LogP contribution in [0.5, 0.6) is 5.75 Å². The normalized spacial score (nSPS) is 15.3. The summed E-state index contributed by atoms with van der Waals surface area (Å²) in [5.41, 5.74) is 2.55. The molecule has 11 heteroatoms. The first-order chi connectivity index (χ1) is 14.8. The second kappa shape index (κ2) is 9.31. The third-order valence-electron chi connectivity index (χ3n) is 5.00. The van der Waals surface area contributed by atoms with Crippen LogP contribution in [0.25, 0.3) is 0 Å². The number of ether oxygens (including phenoxy) is 1. The van der Waals surface area contributed by atoms with Crippen molar-refractivity contribution in [2.75, 3.05) is 36.6 Å². The number of hydrazine groups is 1. The average molecular weight is 450 g/mol. The third kappa shape index (κ3) is 5.12. The van der Waals surface area contributed by atoms with Crippen LogP contribution < -0.4 is 20.9 Å². The Hall–Kier alpha value is -3.18. The lowest BCUT2D eigenvalue weighted by Gasteiger charge is -2.33. The summed E-state index contributed by atoms with van der Waals surface area (Å²) in [7, 11) is -1.72. The smallest absolute Gasteiger partial charge is 0.324 e. The molecule has 2 aromatic rings. The maximum absolute atomic E-state index is 14.7. The monoisotopic (exact) mass is 450 g/mol. The summed E-state index contributed by atoms with van der Waals surface area (Å²) in [4.78, 5) is 27.7. The minimum absolute atomic E-state index is 0.0418. The fourth-order valence-electron chi connectivity index (χ4n) is 3.25. The van der Waals surface area contributed by atoms with Crippen molar-refractivity contribution >= 4 is 27.5 Å². The van der Waals surface area contributed by atoms with E-state index in [9.17, 15) is 22.4 Å². The molecule has 1 aliphatic rings. The minimum atomic E-state index is -3.18. The van der Waals surface area contributed by atoms with E-state index in [1.54, 1.807) is 24.3 Å². The van der Waals surface area contributed by atoms with E-state index in [0.29, 0.717) is 11.4 Å². The van der Waals surface area contributed by atoms with Gasteiger partial charge in [0, 0.05) is 24.2 Å². The lowest BCUT2D eigenvalue weighted by Crippen LogP contribution is -2.50. The maximum Gasteiger partial charge on any atom is 0.324 e. The van der Waals surface area contributed by atoms with Gasteiger partial charge >= 0.3 is 6.03 Å². The van der Waals surface area contributed by atoms with Crippen LogP contribution in [0.2, 0.25) is 0 Å². The van der Waals surface area contributed by atoms with Gasteiger partial charge in [-0.3, -0.25) is 15.1 Å². The van der Waals surface area contributed by atoms with E-state index < -0.39 is 27.6 Å². The molecule has 0 bridgehead atoms. The zero-order chi connectivity index (χ0) is 22.6. The molecule has 0 atom stereocenters. The first kappa shape index (κ1) is 22.5. The van der Waals surface area contributed by atoms with E-state index in [0.717, 1.165) is 6.07 Å². The number of nitrogens with one attached hydrogen (secondary N) is 1. The second-order valence-corrected chi connectivity index (χ2v) is 9.26. The van der Waals surface area contributed by atoms with E-state index in [1.165, 1.54) is 29.0 Å². The van der Waals surface area contributed by atoms with Crippen molar-refractivity contribution in [3.63, 3.8) is 0 Å².